The monoisotopic (exact) mass is 293 g/mol. The van der Waals surface area contributed by atoms with Crippen LogP contribution in [0.4, 0.5) is 5.69 Å². The van der Waals surface area contributed by atoms with E-state index >= 15 is 0 Å². The van der Waals surface area contributed by atoms with Crippen LogP contribution in [0.15, 0.2) is 18.2 Å². The number of benzene rings is 1. The summed E-state index contributed by atoms with van der Waals surface area (Å²) in [7, 11) is 0. The number of hydrogen-bond acceptors (Lipinski definition) is 6. The van der Waals surface area contributed by atoms with Crippen LogP contribution in [0.1, 0.15) is 34.6 Å². The Labute approximate surface area is 125 Å². The highest BCUT2D eigenvalue weighted by atomic mass is 16.5. The third-order valence-corrected chi connectivity index (χ3v) is 2.95. The van der Waals surface area contributed by atoms with E-state index in [0.29, 0.717) is 36.5 Å². The molecule has 0 bridgehead atoms. The minimum Gasteiger partial charge on any atom is -0.383 e. The molecule has 0 aromatic heterocycles. The van der Waals surface area contributed by atoms with Gasteiger partial charge in [0.2, 0.25) is 0 Å². The van der Waals surface area contributed by atoms with Crippen LogP contribution in [0.25, 0.3) is 0 Å². The van der Waals surface area contributed by atoms with Crippen LogP contribution in [0.5, 0.6) is 0 Å². The summed E-state index contributed by atoms with van der Waals surface area (Å²) in [4.78, 5) is 23.3. The molecule has 21 heavy (non-hydrogen) atoms. The molecule has 0 saturated carbocycles. The third-order valence-electron chi connectivity index (χ3n) is 2.95. The summed E-state index contributed by atoms with van der Waals surface area (Å²) in [5, 5.41) is 6.36. The van der Waals surface area contributed by atoms with Crippen molar-refractivity contribution in [1.29, 1.82) is 0 Å². The fourth-order valence-corrected chi connectivity index (χ4v) is 2.01. The Morgan fingerprint density at radius 3 is 2.52 bits per heavy atom. The molecule has 0 heterocycles. The number of Topliss-reactive ketones (excluding diaryl/α,β-unsaturated/α-hetero) is 2. The number of anilines is 1. The number of carbonyl (C=O) groups excluding carboxylic acids is 2. The van der Waals surface area contributed by atoms with Crippen LogP contribution in [-0.2, 0) is 4.74 Å². The quantitative estimate of drug-likeness (QED) is 0.339. The molecule has 1 aromatic rings. The van der Waals surface area contributed by atoms with Crippen LogP contribution in [0.2, 0.25) is 0 Å². The minimum atomic E-state index is -0.118. The van der Waals surface area contributed by atoms with E-state index in [1.54, 1.807) is 18.2 Å². The molecule has 0 atom stereocenters. The molecule has 0 spiro atoms. The average Bonchev–Trinajstić information content (AvgIpc) is 2.45. The van der Waals surface area contributed by atoms with Gasteiger partial charge >= 0.3 is 0 Å². The molecule has 116 valence electrons. The summed E-state index contributed by atoms with van der Waals surface area (Å²) in [6, 6.07) is 5.25. The molecule has 0 unspecified atom stereocenters. The van der Waals surface area contributed by atoms with Gasteiger partial charge in [-0.05, 0) is 19.9 Å². The lowest BCUT2D eigenvalue weighted by Gasteiger charge is -2.13. The van der Waals surface area contributed by atoms with Crippen molar-refractivity contribution in [2.45, 2.75) is 13.8 Å². The summed E-state index contributed by atoms with van der Waals surface area (Å²) in [5.74, 6) is -0.228. The second-order valence-electron chi connectivity index (χ2n) is 4.59. The molecule has 0 amide bonds. The lowest BCUT2D eigenvalue weighted by atomic mass is 9.99. The van der Waals surface area contributed by atoms with Gasteiger partial charge in [-0.15, -0.1) is 0 Å². The van der Waals surface area contributed by atoms with Crippen LogP contribution in [0.3, 0.4) is 0 Å². The van der Waals surface area contributed by atoms with Gasteiger partial charge in [0.1, 0.15) is 0 Å². The molecule has 1 rings (SSSR count). The molecule has 6 heteroatoms. The van der Waals surface area contributed by atoms with Crippen LogP contribution >= 0.6 is 0 Å². The maximum atomic E-state index is 11.8. The van der Waals surface area contributed by atoms with Crippen LogP contribution in [-0.4, -0.2) is 44.5 Å². The molecular weight excluding hydrogens is 270 g/mol. The molecule has 4 N–H and O–H groups in total. The second kappa shape index (κ2) is 9.23. The van der Waals surface area contributed by atoms with Gasteiger partial charge in [0.05, 0.1) is 18.9 Å². The van der Waals surface area contributed by atoms with Crippen LogP contribution < -0.4 is 16.4 Å². The van der Waals surface area contributed by atoms with Gasteiger partial charge in [-0.2, -0.15) is 0 Å². The van der Waals surface area contributed by atoms with E-state index in [-0.39, 0.29) is 18.3 Å². The normalized spacial score (nSPS) is 10.4. The van der Waals surface area contributed by atoms with E-state index in [1.165, 1.54) is 13.8 Å². The first-order valence-corrected chi connectivity index (χ1v) is 6.95. The zero-order chi connectivity index (χ0) is 15.7. The van der Waals surface area contributed by atoms with E-state index < -0.39 is 0 Å². The lowest BCUT2D eigenvalue weighted by molar-refractivity contribution is 0.0981. The molecule has 0 saturated heterocycles. The number of rotatable bonds is 10. The summed E-state index contributed by atoms with van der Waals surface area (Å²) in [6.07, 6.45) is 0. The van der Waals surface area contributed by atoms with E-state index in [0.717, 1.165) is 6.54 Å². The fraction of sp³-hybridized carbons (Fsp3) is 0.467. The van der Waals surface area contributed by atoms with Crippen molar-refractivity contribution in [3.63, 3.8) is 0 Å². The van der Waals surface area contributed by atoms with Gasteiger partial charge < -0.3 is 21.1 Å². The Morgan fingerprint density at radius 1 is 1.14 bits per heavy atom. The molecule has 0 fully saturated rings. The smallest absolute Gasteiger partial charge is 0.162 e. The van der Waals surface area contributed by atoms with Gasteiger partial charge in [-0.1, -0.05) is 12.1 Å². The number of hydrogen-bond donors (Lipinski definition) is 3. The number of ether oxygens (including phenoxy) is 1. The molecular formula is C15H23N3O3. The zero-order valence-corrected chi connectivity index (χ0v) is 12.6. The summed E-state index contributed by atoms with van der Waals surface area (Å²) in [6.45, 7) is 5.79. The maximum Gasteiger partial charge on any atom is 0.162 e. The second-order valence-corrected chi connectivity index (χ2v) is 4.59. The van der Waals surface area contributed by atoms with Crippen molar-refractivity contribution in [3.05, 3.63) is 29.3 Å². The Bertz CT molecular complexity index is 489. The third kappa shape index (κ3) is 5.63. The largest absolute Gasteiger partial charge is 0.383 e. The predicted octanol–water partition coefficient (Wildman–Crippen LogP) is 1.03. The van der Waals surface area contributed by atoms with Gasteiger partial charge in [0.25, 0.3) is 0 Å². The lowest BCUT2D eigenvalue weighted by Crippen LogP contribution is -2.27. The first kappa shape index (κ1) is 17.3. The maximum absolute atomic E-state index is 11.8. The molecule has 1 aromatic carbocycles. The van der Waals surface area contributed by atoms with E-state index in [9.17, 15) is 9.59 Å². The predicted molar refractivity (Wildman–Crippen MR) is 82.8 cm³/mol. The fourth-order valence-electron chi connectivity index (χ4n) is 2.01. The van der Waals surface area contributed by atoms with Crippen molar-refractivity contribution >= 4 is 17.3 Å². The molecule has 6 nitrogen and oxygen atoms in total. The molecule has 0 radical (unpaired) electrons. The zero-order valence-electron chi connectivity index (χ0n) is 12.6. The topological polar surface area (TPSA) is 93.4 Å². The Hall–Kier alpha value is -1.76. The van der Waals surface area contributed by atoms with Gasteiger partial charge in [0, 0.05) is 30.9 Å². The highest BCUT2D eigenvalue weighted by molar-refractivity contribution is 6.10. The highest BCUT2D eigenvalue weighted by Gasteiger charge is 2.15. The Balaban J connectivity index is 2.57. The number of nitrogens with two attached hydrogens (primary N) is 1. The molecule has 0 aliphatic carbocycles. The van der Waals surface area contributed by atoms with Crippen molar-refractivity contribution in [2.75, 3.05) is 38.3 Å². The summed E-state index contributed by atoms with van der Waals surface area (Å²) < 4.78 is 5.00. The van der Waals surface area contributed by atoms with Gasteiger partial charge in [-0.25, -0.2) is 0 Å². The van der Waals surface area contributed by atoms with E-state index in [4.69, 9.17) is 10.5 Å². The Morgan fingerprint density at radius 2 is 1.90 bits per heavy atom. The number of nitrogens with one attached hydrogen (secondary N) is 2. The van der Waals surface area contributed by atoms with Gasteiger partial charge in [0.15, 0.2) is 11.6 Å². The van der Waals surface area contributed by atoms with E-state index in [1.807, 2.05) is 0 Å². The van der Waals surface area contributed by atoms with Crippen molar-refractivity contribution < 1.29 is 14.3 Å². The average molecular weight is 293 g/mol. The Kier molecular flexibility index (Phi) is 7.60. The van der Waals surface area contributed by atoms with Gasteiger partial charge in [-0.3, -0.25) is 9.59 Å². The minimum absolute atomic E-state index is 0.110. The summed E-state index contributed by atoms with van der Waals surface area (Å²) >= 11 is 0. The van der Waals surface area contributed by atoms with Crippen molar-refractivity contribution in [1.82, 2.24) is 5.32 Å². The van der Waals surface area contributed by atoms with Crippen molar-refractivity contribution in [3.8, 4) is 0 Å². The first-order valence-electron chi connectivity index (χ1n) is 6.95. The summed E-state index contributed by atoms with van der Waals surface area (Å²) in [5.41, 5.74) is 6.81. The number of ketones is 2. The van der Waals surface area contributed by atoms with Crippen LogP contribution in [0, 0.1) is 0 Å². The molecule has 0 aliphatic heterocycles. The van der Waals surface area contributed by atoms with E-state index in [2.05, 4.69) is 10.6 Å². The molecule has 0 aliphatic rings. The number of carbonyl (C=O) groups is 2. The first-order chi connectivity index (χ1) is 10.1. The highest BCUT2D eigenvalue weighted by Crippen LogP contribution is 2.21. The van der Waals surface area contributed by atoms with Crippen molar-refractivity contribution in [2.24, 2.45) is 5.73 Å². The SMILES string of the molecule is CC(=O)c1cccc(NCCNCCOCN)c1C(C)=O. The standard InChI is InChI=1S/C15H23N3O3/c1-11(19)13-4-3-5-14(15(13)12(2)20)18-7-6-17-8-9-21-10-16/h3-5,17-18H,6-10,16H2,1-2H3.